The Morgan fingerprint density at radius 1 is 1.20 bits per heavy atom. The molecule has 0 aliphatic heterocycles. The van der Waals surface area contributed by atoms with Gasteiger partial charge in [0, 0.05) is 13.2 Å². The van der Waals surface area contributed by atoms with Crippen molar-refractivity contribution >= 4 is 11.9 Å². The normalized spacial score (nSPS) is 24.9. The summed E-state index contributed by atoms with van der Waals surface area (Å²) in [4.78, 5) is 18.2. The Balaban J connectivity index is 0.000000288. The molecule has 0 spiro atoms. The number of hydrogen-bond acceptors (Lipinski definition) is 4. The summed E-state index contributed by atoms with van der Waals surface area (Å²) in [7, 11) is 1.75. The second kappa shape index (κ2) is 7.19. The van der Waals surface area contributed by atoms with Crippen LogP contribution in [0.25, 0.3) is 0 Å². The van der Waals surface area contributed by atoms with Crippen LogP contribution >= 0.6 is 0 Å². The van der Waals surface area contributed by atoms with Crippen LogP contribution in [0.15, 0.2) is 0 Å². The van der Waals surface area contributed by atoms with E-state index in [0.717, 1.165) is 12.8 Å². The van der Waals surface area contributed by atoms with Gasteiger partial charge in [-0.2, -0.15) is 0 Å². The molecular weight excluding hydrogens is 202 g/mol. The first-order valence-corrected chi connectivity index (χ1v) is 4.73. The van der Waals surface area contributed by atoms with Crippen molar-refractivity contribution in [2.45, 2.75) is 37.8 Å². The maximum Gasteiger partial charge on any atom is 0.414 e. The zero-order chi connectivity index (χ0) is 11.8. The highest BCUT2D eigenvalue weighted by atomic mass is 16.5. The van der Waals surface area contributed by atoms with E-state index in [0.29, 0.717) is 12.1 Å². The fourth-order valence-electron chi connectivity index (χ4n) is 1.42. The van der Waals surface area contributed by atoms with Gasteiger partial charge in [-0.25, -0.2) is 9.59 Å². The molecule has 0 aromatic heterocycles. The molecule has 88 valence electrons. The molecule has 2 atom stereocenters. The van der Waals surface area contributed by atoms with E-state index >= 15 is 0 Å². The molecular formula is C9H17NO5. The Labute approximate surface area is 88.0 Å². The minimum absolute atomic E-state index is 0.295. The van der Waals surface area contributed by atoms with Gasteiger partial charge in [0.1, 0.15) is 0 Å². The van der Waals surface area contributed by atoms with Gasteiger partial charge in [0.15, 0.2) is 0 Å². The number of carbonyl (C=O) groups is 2. The molecule has 0 aromatic carbocycles. The third-order valence-electron chi connectivity index (χ3n) is 2.24. The molecule has 1 fully saturated rings. The van der Waals surface area contributed by atoms with Gasteiger partial charge in [-0.05, 0) is 12.8 Å². The molecule has 1 aliphatic rings. The van der Waals surface area contributed by atoms with Gasteiger partial charge < -0.3 is 20.7 Å². The molecule has 1 rings (SSSR count). The molecule has 0 aromatic rings. The first kappa shape index (κ1) is 13.9. The Morgan fingerprint density at radius 3 is 1.93 bits per heavy atom. The molecule has 1 aliphatic carbocycles. The Morgan fingerprint density at radius 2 is 1.67 bits per heavy atom. The van der Waals surface area contributed by atoms with Crippen molar-refractivity contribution in [1.29, 1.82) is 0 Å². The lowest BCUT2D eigenvalue weighted by molar-refractivity contribution is -0.159. The molecule has 1 saturated carbocycles. The summed E-state index contributed by atoms with van der Waals surface area (Å²) in [6.45, 7) is 0. The van der Waals surface area contributed by atoms with E-state index in [2.05, 4.69) is 0 Å². The van der Waals surface area contributed by atoms with Crippen molar-refractivity contribution in [3.63, 3.8) is 0 Å². The van der Waals surface area contributed by atoms with Crippen molar-refractivity contribution in [1.82, 2.24) is 0 Å². The molecule has 0 bridgehead atoms. The van der Waals surface area contributed by atoms with Crippen molar-refractivity contribution in [3.05, 3.63) is 0 Å². The minimum atomic E-state index is -1.82. The lowest BCUT2D eigenvalue weighted by Gasteiger charge is -2.26. The monoisotopic (exact) mass is 219 g/mol. The predicted octanol–water partition coefficient (Wildman–Crippen LogP) is 0.0583. The highest BCUT2D eigenvalue weighted by Gasteiger charge is 2.20. The van der Waals surface area contributed by atoms with Gasteiger partial charge >= 0.3 is 11.9 Å². The average molecular weight is 219 g/mol. The zero-order valence-electron chi connectivity index (χ0n) is 8.68. The number of aliphatic carboxylic acids is 2. The van der Waals surface area contributed by atoms with E-state index in [9.17, 15) is 0 Å². The van der Waals surface area contributed by atoms with Crippen LogP contribution in [0.4, 0.5) is 0 Å². The number of methoxy groups -OCH3 is 1. The molecule has 0 heterocycles. The van der Waals surface area contributed by atoms with Crippen molar-refractivity contribution in [2.24, 2.45) is 5.73 Å². The van der Waals surface area contributed by atoms with Crippen LogP contribution in [-0.4, -0.2) is 41.4 Å². The lowest BCUT2D eigenvalue weighted by atomic mass is 9.93. The summed E-state index contributed by atoms with van der Waals surface area (Å²) in [5.74, 6) is -3.65. The minimum Gasteiger partial charge on any atom is -0.473 e. The van der Waals surface area contributed by atoms with Crippen LogP contribution in [0.5, 0.6) is 0 Å². The second-order valence-electron chi connectivity index (χ2n) is 3.33. The van der Waals surface area contributed by atoms with Crippen molar-refractivity contribution in [3.8, 4) is 0 Å². The third-order valence-corrected chi connectivity index (χ3v) is 2.24. The van der Waals surface area contributed by atoms with Gasteiger partial charge in [0.2, 0.25) is 0 Å². The number of nitrogens with two attached hydrogens (primary N) is 1. The SMILES string of the molecule is CO[C@@H]1CCCC[C@H]1N.O=C(O)C(=O)O. The lowest BCUT2D eigenvalue weighted by Crippen LogP contribution is -2.38. The molecule has 0 amide bonds. The fourth-order valence-corrected chi connectivity index (χ4v) is 1.42. The number of carboxylic acids is 2. The Hall–Kier alpha value is -1.14. The summed E-state index contributed by atoms with van der Waals surface area (Å²) >= 11 is 0. The maximum absolute atomic E-state index is 9.10. The van der Waals surface area contributed by atoms with E-state index in [1.807, 2.05) is 0 Å². The molecule has 6 nitrogen and oxygen atoms in total. The van der Waals surface area contributed by atoms with Crippen LogP contribution < -0.4 is 5.73 Å². The van der Waals surface area contributed by atoms with Crippen LogP contribution in [0, 0.1) is 0 Å². The first-order chi connectivity index (χ1) is 6.99. The maximum atomic E-state index is 9.10. The molecule has 0 saturated heterocycles. The molecule has 0 radical (unpaired) electrons. The molecule has 4 N–H and O–H groups in total. The molecule has 15 heavy (non-hydrogen) atoms. The van der Waals surface area contributed by atoms with Crippen LogP contribution in [0.3, 0.4) is 0 Å². The number of carboxylic acid groups (broad SMARTS) is 2. The van der Waals surface area contributed by atoms with Gasteiger partial charge in [-0.3, -0.25) is 0 Å². The Kier molecular flexibility index (Phi) is 6.64. The summed E-state index contributed by atoms with van der Waals surface area (Å²) in [5, 5.41) is 14.8. The number of rotatable bonds is 1. The van der Waals surface area contributed by atoms with Crippen molar-refractivity contribution in [2.75, 3.05) is 7.11 Å². The van der Waals surface area contributed by atoms with Gasteiger partial charge in [-0.15, -0.1) is 0 Å². The fraction of sp³-hybridized carbons (Fsp3) is 0.778. The van der Waals surface area contributed by atoms with Gasteiger partial charge in [0.25, 0.3) is 0 Å². The van der Waals surface area contributed by atoms with E-state index in [1.54, 1.807) is 7.11 Å². The average Bonchev–Trinajstić information content (AvgIpc) is 2.19. The molecule has 6 heteroatoms. The van der Waals surface area contributed by atoms with Crippen LogP contribution in [0.1, 0.15) is 25.7 Å². The van der Waals surface area contributed by atoms with Gasteiger partial charge in [-0.1, -0.05) is 12.8 Å². The van der Waals surface area contributed by atoms with E-state index in [-0.39, 0.29) is 0 Å². The quantitative estimate of drug-likeness (QED) is 0.538. The van der Waals surface area contributed by atoms with Crippen molar-refractivity contribution < 1.29 is 24.5 Å². The summed E-state index contributed by atoms with van der Waals surface area (Å²) in [6, 6.07) is 0.295. The number of hydrogen-bond donors (Lipinski definition) is 3. The number of ether oxygens (including phenoxy) is 1. The topological polar surface area (TPSA) is 110 Å². The standard InChI is InChI=1S/C7H15NO.C2H2O4/c1-9-7-5-3-2-4-6(7)8;3-1(4)2(5)6/h6-7H,2-5,8H2,1H3;(H,3,4)(H,5,6)/t6-,7-;/m1./s1. The second-order valence-corrected chi connectivity index (χ2v) is 3.33. The third kappa shape index (κ3) is 6.03. The molecule has 0 unspecified atom stereocenters. The van der Waals surface area contributed by atoms with E-state index in [4.69, 9.17) is 30.3 Å². The van der Waals surface area contributed by atoms with Crippen LogP contribution in [0.2, 0.25) is 0 Å². The highest BCUT2D eigenvalue weighted by Crippen LogP contribution is 2.18. The zero-order valence-corrected chi connectivity index (χ0v) is 8.68. The predicted molar refractivity (Wildman–Crippen MR) is 52.5 cm³/mol. The largest absolute Gasteiger partial charge is 0.473 e. The smallest absolute Gasteiger partial charge is 0.414 e. The Bertz CT molecular complexity index is 207. The summed E-state index contributed by atoms with van der Waals surface area (Å²) in [5.41, 5.74) is 5.76. The van der Waals surface area contributed by atoms with Gasteiger partial charge in [0.05, 0.1) is 6.10 Å². The summed E-state index contributed by atoms with van der Waals surface area (Å²) in [6.07, 6.45) is 5.18. The van der Waals surface area contributed by atoms with E-state index < -0.39 is 11.9 Å². The van der Waals surface area contributed by atoms with Crippen LogP contribution in [-0.2, 0) is 14.3 Å². The first-order valence-electron chi connectivity index (χ1n) is 4.73. The summed E-state index contributed by atoms with van der Waals surface area (Å²) < 4.78 is 5.18. The van der Waals surface area contributed by atoms with E-state index in [1.165, 1.54) is 12.8 Å². The highest BCUT2D eigenvalue weighted by molar-refractivity contribution is 6.27.